The summed E-state index contributed by atoms with van der Waals surface area (Å²) in [5, 5.41) is 3.91. The van der Waals surface area contributed by atoms with Crippen LogP contribution in [0.25, 0.3) is 11.4 Å². The third-order valence-corrected chi connectivity index (χ3v) is 6.96. The minimum Gasteiger partial charge on any atom is -0.406 e. The summed E-state index contributed by atoms with van der Waals surface area (Å²) in [5.74, 6) is -0.339. The Hall–Kier alpha value is -2.99. The monoisotopic (exact) mass is 471 g/mol. The van der Waals surface area contributed by atoms with Crippen molar-refractivity contribution in [1.82, 2.24) is 14.4 Å². The number of halogens is 4. The highest BCUT2D eigenvalue weighted by Crippen LogP contribution is 2.32. The Morgan fingerprint density at radius 1 is 1.00 bits per heavy atom. The van der Waals surface area contributed by atoms with Crippen LogP contribution in [0, 0.1) is 5.82 Å². The summed E-state index contributed by atoms with van der Waals surface area (Å²) in [6.07, 6.45) is -3.99. The summed E-state index contributed by atoms with van der Waals surface area (Å²) >= 11 is 0. The molecule has 0 radical (unpaired) electrons. The van der Waals surface area contributed by atoms with Crippen molar-refractivity contribution in [1.29, 1.82) is 0 Å². The molecule has 1 aliphatic rings. The van der Waals surface area contributed by atoms with Crippen molar-refractivity contribution in [3.63, 3.8) is 0 Å². The van der Waals surface area contributed by atoms with Crippen LogP contribution in [0.1, 0.15) is 24.7 Å². The third-order valence-electron chi connectivity index (χ3n) is 5.04. The van der Waals surface area contributed by atoms with Crippen molar-refractivity contribution >= 4 is 10.0 Å². The van der Waals surface area contributed by atoms with Gasteiger partial charge >= 0.3 is 6.36 Å². The zero-order valence-electron chi connectivity index (χ0n) is 16.4. The summed E-state index contributed by atoms with van der Waals surface area (Å²) in [5.41, 5.74) is 0.597. The zero-order chi connectivity index (χ0) is 22.9. The maximum Gasteiger partial charge on any atom is 0.573 e. The quantitative estimate of drug-likeness (QED) is 0.515. The Labute approximate surface area is 180 Å². The largest absolute Gasteiger partial charge is 0.573 e. The van der Waals surface area contributed by atoms with Crippen LogP contribution in [0.5, 0.6) is 5.75 Å². The molecule has 0 bridgehead atoms. The summed E-state index contributed by atoms with van der Waals surface area (Å²) in [7, 11) is -3.88. The van der Waals surface area contributed by atoms with Gasteiger partial charge in [0, 0.05) is 24.6 Å². The van der Waals surface area contributed by atoms with E-state index < -0.39 is 22.1 Å². The molecule has 0 amide bonds. The van der Waals surface area contributed by atoms with Gasteiger partial charge in [0.15, 0.2) is 0 Å². The second kappa shape index (κ2) is 8.51. The molecule has 2 aromatic carbocycles. The number of benzene rings is 2. The molecule has 0 spiro atoms. The highest BCUT2D eigenvalue weighted by Gasteiger charge is 2.33. The first kappa shape index (κ1) is 22.2. The molecule has 7 nitrogen and oxygen atoms in total. The SMILES string of the molecule is O=S(=O)(c1ccc(OC(F)(F)F)cc1)N1CCC(c2nc(-c3ccc(F)cc3)no2)CC1. The lowest BCUT2D eigenvalue weighted by molar-refractivity contribution is -0.274. The Balaban J connectivity index is 1.40. The van der Waals surface area contributed by atoms with Crippen LogP contribution in [0.3, 0.4) is 0 Å². The molecule has 170 valence electrons. The minimum absolute atomic E-state index is 0.123. The van der Waals surface area contributed by atoms with Gasteiger partial charge < -0.3 is 9.26 Å². The lowest BCUT2D eigenvalue weighted by atomic mass is 9.98. The first-order chi connectivity index (χ1) is 15.1. The van der Waals surface area contributed by atoms with Crippen molar-refractivity contribution in [2.75, 3.05) is 13.1 Å². The van der Waals surface area contributed by atoms with Crippen molar-refractivity contribution in [3.8, 4) is 17.1 Å². The molecular weight excluding hydrogens is 454 g/mol. The number of nitrogens with zero attached hydrogens (tertiary/aromatic N) is 3. The van der Waals surface area contributed by atoms with Crippen molar-refractivity contribution < 1.29 is 35.2 Å². The molecule has 2 heterocycles. The summed E-state index contributed by atoms with van der Waals surface area (Å²) in [6, 6.07) is 9.72. The molecular formula is C20H17F4N3O4S. The first-order valence-corrected chi connectivity index (χ1v) is 11.0. The summed E-state index contributed by atoms with van der Waals surface area (Å²) in [6.45, 7) is 0.365. The molecule has 32 heavy (non-hydrogen) atoms. The van der Waals surface area contributed by atoms with E-state index in [0.717, 1.165) is 24.3 Å². The van der Waals surface area contributed by atoms with Crippen LogP contribution in [0.15, 0.2) is 57.9 Å². The van der Waals surface area contributed by atoms with E-state index in [2.05, 4.69) is 14.9 Å². The Bertz CT molecular complexity index is 1170. The van der Waals surface area contributed by atoms with Gasteiger partial charge in [0.2, 0.25) is 21.7 Å². The van der Waals surface area contributed by atoms with Crippen molar-refractivity contribution in [3.05, 3.63) is 60.2 Å². The number of hydrogen-bond donors (Lipinski definition) is 0. The first-order valence-electron chi connectivity index (χ1n) is 9.57. The molecule has 0 unspecified atom stereocenters. The van der Waals surface area contributed by atoms with E-state index in [0.29, 0.717) is 30.1 Å². The second-order valence-electron chi connectivity index (χ2n) is 7.16. The average molecular weight is 471 g/mol. The molecule has 4 rings (SSSR count). The van der Waals surface area contributed by atoms with Gasteiger partial charge in [-0.3, -0.25) is 0 Å². The van der Waals surface area contributed by atoms with Crippen LogP contribution in [0.4, 0.5) is 17.6 Å². The van der Waals surface area contributed by atoms with E-state index in [1.807, 2.05) is 0 Å². The Kier molecular flexibility index (Phi) is 5.91. The summed E-state index contributed by atoms with van der Waals surface area (Å²) < 4.78 is 85.9. The molecule has 1 fully saturated rings. The number of hydrogen-bond acceptors (Lipinski definition) is 6. The predicted octanol–water partition coefficient (Wildman–Crippen LogP) is 4.34. The molecule has 3 aromatic rings. The van der Waals surface area contributed by atoms with E-state index in [1.54, 1.807) is 0 Å². The summed E-state index contributed by atoms with van der Waals surface area (Å²) in [4.78, 5) is 4.22. The van der Waals surface area contributed by atoms with Gasteiger partial charge in [-0.05, 0) is 61.4 Å². The van der Waals surface area contributed by atoms with E-state index >= 15 is 0 Å². The lowest BCUT2D eigenvalue weighted by Crippen LogP contribution is -2.37. The van der Waals surface area contributed by atoms with Gasteiger partial charge in [0.05, 0.1) is 4.90 Å². The Morgan fingerprint density at radius 3 is 2.22 bits per heavy atom. The van der Waals surface area contributed by atoms with Gasteiger partial charge in [-0.1, -0.05) is 5.16 Å². The number of rotatable bonds is 5. The van der Waals surface area contributed by atoms with Crippen LogP contribution in [-0.4, -0.2) is 42.3 Å². The second-order valence-corrected chi connectivity index (χ2v) is 9.10. The smallest absolute Gasteiger partial charge is 0.406 e. The topological polar surface area (TPSA) is 85.5 Å². The van der Waals surface area contributed by atoms with E-state index in [4.69, 9.17) is 4.52 Å². The molecule has 1 saturated heterocycles. The number of sulfonamides is 1. The molecule has 1 aliphatic heterocycles. The lowest BCUT2D eigenvalue weighted by Gasteiger charge is -2.29. The van der Waals surface area contributed by atoms with Crippen molar-refractivity contribution in [2.24, 2.45) is 0 Å². The fourth-order valence-corrected chi connectivity index (χ4v) is 4.89. The number of ether oxygens (including phenoxy) is 1. The molecule has 0 atom stereocenters. The van der Waals surface area contributed by atoms with E-state index in [9.17, 15) is 26.0 Å². The fourth-order valence-electron chi connectivity index (χ4n) is 3.42. The number of alkyl halides is 3. The predicted molar refractivity (Wildman–Crippen MR) is 104 cm³/mol. The van der Waals surface area contributed by atoms with Crippen LogP contribution < -0.4 is 4.74 Å². The highest BCUT2D eigenvalue weighted by molar-refractivity contribution is 7.89. The maximum absolute atomic E-state index is 13.1. The Morgan fingerprint density at radius 2 is 1.62 bits per heavy atom. The van der Waals surface area contributed by atoms with E-state index in [-0.39, 0.29) is 29.7 Å². The number of aromatic nitrogens is 2. The minimum atomic E-state index is -4.85. The van der Waals surface area contributed by atoms with Crippen LogP contribution in [-0.2, 0) is 10.0 Å². The normalized spacial score (nSPS) is 16.2. The molecule has 0 saturated carbocycles. The third kappa shape index (κ3) is 4.91. The fraction of sp³-hybridized carbons (Fsp3) is 0.300. The average Bonchev–Trinajstić information content (AvgIpc) is 3.24. The van der Waals surface area contributed by atoms with E-state index in [1.165, 1.54) is 28.6 Å². The molecule has 12 heteroatoms. The number of piperidine rings is 1. The standard InChI is InChI=1S/C20H17F4N3O4S/c21-15-3-1-13(2-4-15)18-25-19(31-26-18)14-9-11-27(12-10-14)32(28,29)17-7-5-16(6-8-17)30-20(22,23)24/h1-8,14H,9-12H2. The highest BCUT2D eigenvalue weighted by atomic mass is 32.2. The molecule has 0 N–H and O–H groups in total. The van der Waals surface area contributed by atoms with Gasteiger partial charge in [0.1, 0.15) is 11.6 Å². The van der Waals surface area contributed by atoms with Gasteiger partial charge in [-0.15, -0.1) is 13.2 Å². The molecule has 0 aliphatic carbocycles. The van der Waals surface area contributed by atoms with Crippen LogP contribution >= 0.6 is 0 Å². The molecule has 1 aromatic heterocycles. The van der Waals surface area contributed by atoms with Crippen LogP contribution in [0.2, 0.25) is 0 Å². The zero-order valence-corrected chi connectivity index (χ0v) is 17.2. The van der Waals surface area contributed by atoms with Crippen molar-refractivity contribution in [2.45, 2.75) is 30.0 Å². The van der Waals surface area contributed by atoms with Gasteiger partial charge in [0.25, 0.3) is 0 Å². The van der Waals surface area contributed by atoms with Gasteiger partial charge in [-0.25, -0.2) is 12.8 Å². The maximum atomic E-state index is 13.1. The van der Waals surface area contributed by atoms with Gasteiger partial charge in [-0.2, -0.15) is 9.29 Å².